The summed E-state index contributed by atoms with van der Waals surface area (Å²) in [4.78, 5) is 14.4. The number of carbonyl (C=O) groups excluding carboxylic acids is 1. The van der Waals surface area contributed by atoms with Gasteiger partial charge < -0.3 is 15.3 Å². The second kappa shape index (κ2) is 6.53. The summed E-state index contributed by atoms with van der Waals surface area (Å²) in [5, 5.41) is 12.1. The molecule has 1 rings (SSSR count). The van der Waals surface area contributed by atoms with Crippen molar-refractivity contribution in [1.82, 2.24) is 10.2 Å². The van der Waals surface area contributed by atoms with Crippen LogP contribution in [0.15, 0.2) is 0 Å². The summed E-state index contributed by atoms with van der Waals surface area (Å²) < 4.78 is 0. The first-order valence-corrected chi connectivity index (χ1v) is 6.95. The van der Waals surface area contributed by atoms with Gasteiger partial charge in [0.05, 0.1) is 5.92 Å². The molecule has 0 saturated carbocycles. The molecule has 0 bridgehead atoms. The third-order valence-corrected chi connectivity index (χ3v) is 3.44. The van der Waals surface area contributed by atoms with Crippen molar-refractivity contribution < 1.29 is 9.90 Å². The van der Waals surface area contributed by atoms with Crippen molar-refractivity contribution in [3.63, 3.8) is 0 Å². The van der Waals surface area contributed by atoms with Gasteiger partial charge >= 0.3 is 0 Å². The topological polar surface area (TPSA) is 52.6 Å². The van der Waals surface area contributed by atoms with Crippen LogP contribution in [0, 0.1) is 17.3 Å². The molecule has 1 heterocycles. The van der Waals surface area contributed by atoms with Gasteiger partial charge in [-0.05, 0) is 18.9 Å². The lowest BCUT2D eigenvalue weighted by molar-refractivity contribution is -0.125. The van der Waals surface area contributed by atoms with Crippen LogP contribution in [0.5, 0.6) is 0 Å². The zero-order valence-electron chi connectivity index (χ0n) is 12.2. The first kappa shape index (κ1) is 15.4. The van der Waals surface area contributed by atoms with Crippen molar-refractivity contribution >= 4 is 5.91 Å². The van der Waals surface area contributed by atoms with Gasteiger partial charge in [-0.3, -0.25) is 4.79 Å². The van der Waals surface area contributed by atoms with Gasteiger partial charge in [0.2, 0.25) is 5.91 Å². The fraction of sp³-hybridized carbons (Fsp3) is 0.929. The minimum absolute atomic E-state index is 0.0947. The van der Waals surface area contributed by atoms with Gasteiger partial charge in [0.1, 0.15) is 0 Å². The highest BCUT2D eigenvalue weighted by Crippen LogP contribution is 2.18. The molecule has 1 aliphatic heterocycles. The summed E-state index contributed by atoms with van der Waals surface area (Å²) in [6, 6.07) is 0. The summed E-state index contributed by atoms with van der Waals surface area (Å²) in [5.41, 5.74) is -0.230. The Kier molecular flexibility index (Phi) is 5.60. The molecule has 1 aliphatic rings. The molecule has 0 radical (unpaired) electrons. The van der Waals surface area contributed by atoms with Gasteiger partial charge in [-0.15, -0.1) is 0 Å². The van der Waals surface area contributed by atoms with Gasteiger partial charge in [0.25, 0.3) is 0 Å². The Balaban J connectivity index is 2.32. The molecule has 0 aromatic heterocycles. The van der Waals surface area contributed by atoms with E-state index in [1.165, 1.54) is 0 Å². The van der Waals surface area contributed by atoms with E-state index >= 15 is 0 Å². The summed E-state index contributed by atoms with van der Waals surface area (Å²) in [6.45, 7) is 11.9. The molecule has 18 heavy (non-hydrogen) atoms. The molecule has 2 N–H and O–H groups in total. The first-order valence-electron chi connectivity index (χ1n) is 6.95. The average molecular weight is 256 g/mol. The maximum atomic E-state index is 12.0. The minimum atomic E-state index is -0.230. The Morgan fingerprint density at radius 2 is 2.17 bits per heavy atom. The molecule has 1 fully saturated rings. The predicted molar refractivity (Wildman–Crippen MR) is 73.3 cm³/mol. The molecule has 0 aliphatic carbocycles. The molecule has 106 valence electrons. The van der Waals surface area contributed by atoms with Crippen molar-refractivity contribution in [2.75, 3.05) is 32.8 Å². The minimum Gasteiger partial charge on any atom is -0.396 e. The monoisotopic (exact) mass is 256 g/mol. The standard InChI is InChI=1S/C14H28N2O2/c1-11(2)7-16-6-5-12(8-16)13(18)15-9-14(3,4)10-17/h11-12,17H,5-10H2,1-4H3,(H,15,18). The quantitative estimate of drug-likeness (QED) is 0.748. The maximum Gasteiger partial charge on any atom is 0.224 e. The summed E-state index contributed by atoms with van der Waals surface area (Å²) in [7, 11) is 0. The van der Waals surface area contributed by atoms with Crippen LogP contribution in [0.25, 0.3) is 0 Å². The number of aliphatic hydroxyl groups excluding tert-OH is 1. The van der Waals surface area contributed by atoms with Gasteiger partial charge in [-0.25, -0.2) is 0 Å². The van der Waals surface area contributed by atoms with E-state index in [2.05, 4.69) is 24.1 Å². The number of rotatable bonds is 6. The number of nitrogens with zero attached hydrogens (tertiary/aromatic N) is 1. The number of likely N-dealkylation sites (tertiary alicyclic amines) is 1. The summed E-state index contributed by atoms with van der Waals surface area (Å²) in [6.07, 6.45) is 0.956. The zero-order valence-corrected chi connectivity index (χ0v) is 12.2. The Hall–Kier alpha value is -0.610. The van der Waals surface area contributed by atoms with Crippen LogP contribution < -0.4 is 5.32 Å². The average Bonchev–Trinajstić information content (AvgIpc) is 2.73. The second-order valence-electron chi connectivity index (χ2n) is 6.68. The van der Waals surface area contributed by atoms with Gasteiger partial charge in [-0.2, -0.15) is 0 Å². The number of hydrogen-bond acceptors (Lipinski definition) is 3. The molecule has 1 saturated heterocycles. The zero-order chi connectivity index (χ0) is 13.8. The number of amides is 1. The largest absolute Gasteiger partial charge is 0.396 e. The van der Waals surface area contributed by atoms with E-state index in [-0.39, 0.29) is 23.8 Å². The molecule has 4 heteroatoms. The third kappa shape index (κ3) is 4.94. The predicted octanol–water partition coefficient (Wildman–Crippen LogP) is 1.10. The van der Waals surface area contributed by atoms with Gasteiger partial charge in [0, 0.05) is 31.7 Å². The lowest BCUT2D eigenvalue weighted by atomic mass is 9.94. The number of hydrogen-bond donors (Lipinski definition) is 2. The Labute approximate surface area is 111 Å². The van der Waals surface area contributed by atoms with Crippen molar-refractivity contribution in [1.29, 1.82) is 0 Å². The van der Waals surface area contributed by atoms with Crippen LogP contribution in [-0.4, -0.2) is 48.7 Å². The highest BCUT2D eigenvalue weighted by Gasteiger charge is 2.29. The smallest absolute Gasteiger partial charge is 0.224 e. The molecule has 0 aromatic rings. The fourth-order valence-corrected chi connectivity index (χ4v) is 2.26. The molecule has 1 atom stereocenters. The highest BCUT2D eigenvalue weighted by atomic mass is 16.3. The molecule has 0 spiro atoms. The van der Waals surface area contributed by atoms with Crippen molar-refractivity contribution in [3.8, 4) is 0 Å². The molecule has 0 aromatic carbocycles. The molecule has 1 unspecified atom stereocenters. The van der Waals surface area contributed by atoms with Crippen molar-refractivity contribution in [2.45, 2.75) is 34.1 Å². The van der Waals surface area contributed by atoms with Crippen LogP contribution in [0.2, 0.25) is 0 Å². The first-order chi connectivity index (χ1) is 8.34. The van der Waals surface area contributed by atoms with Gasteiger partial charge in [0.15, 0.2) is 0 Å². The second-order valence-corrected chi connectivity index (χ2v) is 6.68. The number of aliphatic hydroxyl groups is 1. The van der Waals surface area contributed by atoms with Crippen LogP contribution in [0.4, 0.5) is 0 Å². The summed E-state index contributed by atoms with van der Waals surface area (Å²) in [5.74, 6) is 0.918. The van der Waals surface area contributed by atoms with Crippen molar-refractivity contribution in [2.24, 2.45) is 17.3 Å². The SMILES string of the molecule is CC(C)CN1CCC(C(=O)NCC(C)(C)CO)C1. The number of carbonyl (C=O) groups is 1. The Morgan fingerprint density at radius 3 is 2.72 bits per heavy atom. The van der Waals surface area contributed by atoms with Crippen LogP contribution in [0.1, 0.15) is 34.1 Å². The van der Waals surface area contributed by atoms with Gasteiger partial charge in [-0.1, -0.05) is 27.7 Å². The summed E-state index contributed by atoms with van der Waals surface area (Å²) >= 11 is 0. The van der Waals surface area contributed by atoms with E-state index in [1.807, 2.05) is 13.8 Å². The fourth-order valence-electron chi connectivity index (χ4n) is 2.26. The lowest BCUT2D eigenvalue weighted by Crippen LogP contribution is -2.40. The third-order valence-electron chi connectivity index (χ3n) is 3.44. The maximum absolute atomic E-state index is 12.0. The van der Waals surface area contributed by atoms with Crippen LogP contribution in [-0.2, 0) is 4.79 Å². The van der Waals surface area contributed by atoms with E-state index in [9.17, 15) is 4.79 Å². The highest BCUT2D eigenvalue weighted by molar-refractivity contribution is 5.79. The van der Waals surface area contributed by atoms with E-state index in [0.29, 0.717) is 12.5 Å². The molecule has 1 amide bonds. The van der Waals surface area contributed by atoms with Crippen LogP contribution >= 0.6 is 0 Å². The molecular formula is C14H28N2O2. The van der Waals surface area contributed by atoms with Crippen LogP contribution in [0.3, 0.4) is 0 Å². The normalized spacial score (nSPS) is 21.6. The number of nitrogens with one attached hydrogen (secondary N) is 1. The van der Waals surface area contributed by atoms with Crippen molar-refractivity contribution in [3.05, 3.63) is 0 Å². The Morgan fingerprint density at radius 1 is 1.50 bits per heavy atom. The van der Waals surface area contributed by atoms with E-state index in [4.69, 9.17) is 5.11 Å². The molecular weight excluding hydrogens is 228 g/mol. The Bertz CT molecular complexity index is 277. The van der Waals surface area contributed by atoms with E-state index in [1.54, 1.807) is 0 Å². The van der Waals surface area contributed by atoms with E-state index in [0.717, 1.165) is 26.1 Å². The molecule has 4 nitrogen and oxygen atoms in total. The van der Waals surface area contributed by atoms with E-state index < -0.39 is 0 Å². The lowest BCUT2D eigenvalue weighted by Gasteiger charge is -2.23.